The van der Waals surface area contributed by atoms with Crippen LogP contribution in [0.2, 0.25) is 0 Å². The van der Waals surface area contributed by atoms with Crippen LogP contribution in [0.3, 0.4) is 0 Å². The summed E-state index contributed by atoms with van der Waals surface area (Å²) in [6.07, 6.45) is 5.58. The van der Waals surface area contributed by atoms with Crippen molar-refractivity contribution in [2.75, 3.05) is 0 Å². The highest BCUT2D eigenvalue weighted by Gasteiger charge is 2.31. The molecule has 104 valence electrons. The Morgan fingerprint density at radius 3 is 2.75 bits per heavy atom. The van der Waals surface area contributed by atoms with Gasteiger partial charge in [0.05, 0.1) is 0 Å². The molecule has 1 aliphatic carbocycles. The Morgan fingerprint density at radius 2 is 1.90 bits per heavy atom. The van der Waals surface area contributed by atoms with Crippen molar-refractivity contribution < 1.29 is 0 Å². The molecule has 0 fully saturated rings. The predicted octanol–water partition coefficient (Wildman–Crippen LogP) is 4.57. The van der Waals surface area contributed by atoms with E-state index in [9.17, 15) is 0 Å². The van der Waals surface area contributed by atoms with Crippen LogP contribution in [0, 0.1) is 0 Å². The first-order valence-electron chi connectivity index (χ1n) is 7.29. The zero-order valence-corrected chi connectivity index (χ0v) is 13.2. The fourth-order valence-corrected chi connectivity index (χ4v) is 3.76. The molecule has 0 saturated heterocycles. The lowest BCUT2D eigenvalue weighted by Crippen LogP contribution is -2.39. The molecule has 0 spiro atoms. The fourth-order valence-electron chi connectivity index (χ4n) is 3.31. The molecule has 1 unspecified atom stereocenters. The Bertz CT molecular complexity index is 608. The molecule has 1 aliphatic rings. The third kappa shape index (κ3) is 2.82. The number of rotatable bonds is 2. The molecule has 0 amide bonds. The summed E-state index contributed by atoms with van der Waals surface area (Å²) in [5.41, 5.74) is 10.7. The molecule has 20 heavy (non-hydrogen) atoms. The van der Waals surface area contributed by atoms with E-state index in [-0.39, 0.29) is 5.54 Å². The molecular weight excluding hydrogens is 310 g/mol. The number of halogens is 1. The van der Waals surface area contributed by atoms with Crippen molar-refractivity contribution in [3.8, 4) is 0 Å². The number of benzene rings is 2. The third-order valence-corrected chi connectivity index (χ3v) is 4.77. The first-order chi connectivity index (χ1) is 9.67. The van der Waals surface area contributed by atoms with Gasteiger partial charge >= 0.3 is 0 Å². The first-order valence-corrected chi connectivity index (χ1v) is 8.08. The molecule has 2 aromatic carbocycles. The average molecular weight is 330 g/mol. The quantitative estimate of drug-likeness (QED) is 0.802. The van der Waals surface area contributed by atoms with Gasteiger partial charge in [-0.1, -0.05) is 58.7 Å². The van der Waals surface area contributed by atoms with Gasteiger partial charge in [-0.3, -0.25) is 0 Å². The van der Waals surface area contributed by atoms with Crippen LogP contribution in [0.4, 0.5) is 0 Å². The van der Waals surface area contributed by atoms with Crippen LogP contribution in [0.5, 0.6) is 0 Å². The van der Waals surface area contributed by atoms with E-state index in [4.69, 9.17) is 5.73 Å². The molecule has 1 atom stereocenters. The normalized spacial score (nSPS) is 22.1. The van der Waals surface area contributed by atoms with Gasteiger partial charge in [-0.2, -0.15) is 0 Å². The zero-order chi connectivity index (χ0) is 14.0. The molecule has 2 heteroatoms. The summed E-state index contributed by atoms with van der Waals surface area (Å²) in [6, 6.07) is 17.2. The van der Waals surface area contributed by atoms with Crippen LogP contribution in [-0.2, 0) is 18.4 Å². The highest BCUT2D eigenvalue weighted by Crippen LogP contribution is 2.35. The summed E-state index contributed by atoms with van der Waals surface area (Å²) in [6.45, 7) is 0. The van der Waals surface area contributed by atoms with Crippen molar-refractivity contribution in [1.29, 1.82) is 0 Å². The lowest BCUT2D eigenvalue weighted by atomic mass is 9.80. The van der Waals surface area contributed by atoms with E-state index < -0.39 is 0 Å². The summed E-state index contributed by atoms with van der Waals surface area (Å²) in [4.78, 5) is 0. The third-order valence-electron chi connectivity index (χ3n) is 4.28. The zero-order valence-electron chi connectivity index (χ0n) is 11.6. The van der Waals surface area contributed by atoms with E-state index in [2.05, 4.69) is 64.5 Å². The largest absolute Gasteiger partial charge is 0.321 e. The van der Waals surface area contributed by atoms with E-state index >= 15 is 0 Å². The SMILES string of the molecule is NC1(Cc2cccc(Br)c2)CCCCc2ccccc21. The van der Waals surface area contributed by atoms with Crippen molar-refractivity contribution in [2.45, 2.75) is 37.6 Å². The van der Waals surface area contributed by atoms with Crippen molar-refractivity contribution in [1.82, 2.24) is 0 Å². The monoisotopic (exact) mass is 329 g/mol. The van der Waals surface area contributed by atoms with Crippen LogP contribution < -0.4 is 5.73 Å². The second-order valence-electron chi connectivity index (χ2n) is 5.83. The molecule has 0 heterocycles. The maximum absolute atomic E-state index is 6.84. The van der Waals surface area contributed by atoms with Gasteiger partial charge in [0.15, 0.2) is 0 Å². The highest BCUT2D eigenvalue weighted by molar-refractivity contribution is 9.10. The molecular formula is C18H20BrN. The molecule has 2 aromatic rings. The Kier molecular flexibility index (Phi) is 3.95. The van der Waals surface area contributed by atoms with Gasteiger partial charge in [-0.05, 0) is 54.5 Å². The fraction of sp³-hybridized carbons (Fsp3) is 0.333. The summed E-state index contributed by atoms with van der Waals surface area (Å²) in [7, 11) is 0. The number of nitrogens with two attached hydrogens (primary N) is 1. The van der Waals surface area contributed by atoms with E-state index in [1.54, 1.807) is 0 Å². The molecule has 0 saturated carbocycles. The van der Waals surface area contributed by atoms with E-state index in [0.717, 1.165) is 23.7 Å². The Hall–Kier alpha value is -1.12. The van der Waals surface area contributed by atoms with E-state index in [1.807, 2.05) is 0 Å². The number of fused-ring (bicyclic) bond motifs is 1. The van der Waals surface area contributed by atoms with Gasteiger partial charge in [0.1, 0.15) is 0 Å². The van der Waals surface area contributed by atoms with Crippen LogP contribution in [0.15, 0.2) is 53.0 Å². The highest BCUT2D eigenvalue weighted by atomic mass is 79.9. The van der Waals surface area contributed by atoms with Gasteiger partial charge < -0.3 is 5.73 Å². The minimum Gasteiger partial charge on any atom is -0.321 e. The Morgan fingerprint density at radius 1 is 1.05 bits per heavy atom. The molecule has 0 bridgehead atoms. The molecule has 0 aliphatic heterocycles. The maximum atomic E-state index is 6.84. The van der Waals surface area contributed by atoms with Crippen LogP contribution in [-0.4, -0.2) is 0 Å². The summed E-state index contributed by atoms with van der Waals surface area (Å²) in [5, 5.41) is 0. The molecule has 2 N–H and O–H groups in total. The minimum absolute atomic E-state index is 0.228. The summed E-state index contributed by atoms with van der Waals surface area (Å²) in [5.74, 6) is 0. The van der Waals surface area contributed by atoms with Crippen molar-refractivity contribution >= 4 is 15.9 Å². The van der Waals surface area contributed by atoms with Crippen molar-refractivity contribution in [2.24, 2.45) is 5.73 Å². The summed E-state index contributed by atoms with van der Waals surface area (Å²) >= 11 is 3.55. The standard InChI is InChI=1S/C18H20BrN/c19-16-9-5-6-14(12-16)13-18(20)11-4-3-8-15-7-1-2-10-17(15)18/h1-2,5-7,9-10,12H,3-4,8,11,13,20H2. The minimum atomic E-state index is -0.228. The van der Waals surface area contributed by atoms with Gasteiger partial charge in [0.2, 0.25) is 0 Å². The van der Waals surface area contributed by atoms with Crippen LogP contribution in [0.1, 0.15) is 36.0 Å². The van der Waals surface area contributed by atoms with Crippen LogP contribution in [0.25, 0.3) is 0 Å². The Labute approximate surface area is 129 Å². The van der Waals surface area contributed by atoms with E-state index in [1.165, 1.54) is 29.5 Å². The van der Waals surface area contributed by atoms with Gasteiger partial charge in [-0.15, -0.1) is 0 Å². The molecule has 0 radical (unpaired) electrons. The van der Waals surface area contributed by atoms with Crippen molar-refractivity contribution in [3.63, 3.8) is 0 Å². The first kappa shape index (κ1) is 13.8. The molecule has 1 nitrogen and oxygen atoms in total. The molecule has 0 aromatic heterocycles. The van der Waals surface area contributed by atoms with Crippen LogP contribution >= 0.6 is 15.9 Å². The average Bonchev–Trinajstić information content (AvgIpc) is 2.59. The van der Waals surface area contributed by atoms with Gasteiger partial charge in [-0.25, -0.2) is 0 Å². The lowest BCUT2D eigenvalue weighted by Gasteiger charge is -2.30. The predicted molar refractivity (Wildman–Crippen MR) is 87.7 cm³/mol. The maximum Gasteiger partial charge on any atom is 0.0453 e. The van der Waals surface area contributed by atoms with Gasteiger partial charge in [0.25, 0.3) is 0 Å². The second-order valence-corrected chi connectivity index (χ2v) is 6.74. The van der Waals surface area contributed by atoms with Gasteiger partial charge in [0, 0.05) is 10.0 Å². The summed E-state index contributed by atoms with van der Waals surface area (Å²) < 4.78 is 1.13. The smallest absolute Gasteiger partial charge is 0.0453 e. The number of hydrogen-bond donors (Lipinski definition) is 1. The number of hydrogen-bond acceptors (Lipinski definition) is 1. The van der Waals surface area contributed by atoms with Crippen molar-refractivity contribution in [3.05, 3.63) is 69.7 Å². The topological polar surface area (TPSA) is 26.0 Å². The van der Waals surface area contributed by atoms with E-state index in [0.29, 0.717) is 0 Å². The Balaban J connectivity index is 1.98. The number of aryl methyl sites for hydroxylation is 1. The lowest BCUT2D eigenvalue weighted by molar-refractivity contribution is 0.398. The molecule has 3 rings (SSSR count). The second kappa shape index (κ2) is 5.71.